The summed E-state index contributed by atoms with van der Waals surface area (Å²) >= 11 is 5.84. The topological polar surface area (TPSA) is 73.6 Å². The molecule has 0 saturated carbocycles. The Morgan fingerprint density at radius 3 is 2.59 bits per heavy atom. The molecule has 116 valence electrons. The predicted molar refractivity (Wildman–Crippen MR) is 86.6 cm³/mol. The largest absolute Gasteiger partial charge is 0.455 e. The molecule has 6 heteroatoms. The maximum absolute atomic E-state index is 11.8. The molecule has 0 fully saturated rings. The van der Waals surface area contributed by atoms with Gasteiger partial charge in [-0.1, -0.05) is 11.6 Å². The molecule has 0 spiro atoms. The molecule has 5 nitrogen and oxygen atoms in total. The Hall–Kier alpha value is -2.24. The van der Waals surface area contributed by atoms with Crippen LogP contribution in [0.4, 0.5) is 5.69 Å². The number of benzene rings is 2. The first kappa shape index (κ1) is 16.1. The Kier molecular flexibility index (Phi) is 5.63. The lowest BCUT2D eigenvalue weighted by Crippen LogP contribution is -2.26. The van der Waals surface area contributed by atoms with E-state index in [1.807, 2.05) is 0 Å². The van der Waals surface area contributed by atoms with E-state index in [-0.39, 0.29) is 5.91 Å². The molecule has 3 N–H and O–H groups in total. The molecule has 0 aliphatic heterocycles. The molecule has 22 heavy (non-hydrogen) atoms. The van der Waals surface area contributed by atoms with Gasteiger partial charge in [-0.05, 0) is 42.5 Å². The van der Waals surface area contributed by atoms with Gasteiger partial charge in [0.25, 0.3) is 5.91 Å². The number of halogens is 1. The standard InChI is InChI=1S/C16H17ClN2O3/c1-21-9-8-19-16(20)11-2-5-13(6-3-11)22-15-7-4-12(17)10-14(15)18/h2-7,10H,8-9,18H2,1H3,(H,19,20). The van der Waals surface area contributed by atoms with Crippen LogP contribution < -0.4 is 15.8 Å². The molecule has 2 aromatic rings. The summed E-state index contributed by atoms with van der Waals surface area (Å²) in [7, 11) is 1.58. The number of nitrogen functional groups attached to an aromatic ring is 1. The van der Waals surface area contributed by atoms with Gasteiger partial charge in [-0.15, -0.1) is 0 Å². The molecule has 0 aromatic heterocycles. The van der Waals surface area contributed by atoms with Gasteiger partial charge in [0.2, 0.25) is 0 Å². The van der Waals surface area contributed by atoms with Crippen LogP contribution in [0.25, 0.3) is 0 Å². The van der Waals surface area contributed by atoms with Crippen LogP contribution in [-0.4, -0.2) is 26.2 Å². The molecule has 0 unspecified atom stereocenters. The first-order chi connectivity index (χ1) is 10.6. The second kappa shape index (κ2) is 7.68. The zero-order chi connectivity index (χ0) is 15.9. The van der Waals surface area contributed by atoms with Gasteiger partial charge in [0.1, 0.15) is 11.5 Å². The van der Waals surface area contributed by atoms with Gasteiger partial charge in [-0.25, -0.2) is 0 Å². The quantitative estimate of drug-likeness (QED) is 0.633. The maximum Gasteiger partial charge on any atom is 0.251 e. The summed E-state index contributed by atoms with van der Waals surface area (Å²) in [4.78, 5) is 11.8. The number of anilines is 1. The monoisotopic (exact) mass is 320 g/mol. The van der Waals surface area contributed by atoms with Crippen LogP contribution in [0.5, 0.6) is 11.5 Å². The van der Waals surface area contributed by atoms with Gasteiger partial charge < -0.3 is 20.5 Å². The minimum absolute atomic E-state index is 0.158. The number of nitrogens with one attached hydrogen (secondary N) is 1. The SMILES string of the molecule is COCCNC(=O)c1ccc(Oc2ccc(Cl)cc2N)cc1. The number of carbonyl (C=O) groups excluding carboxylic acids is 1. The maximum atomic E-state index is 11.8. The summed E-state index contributed by atoms with van der Waals surface area (Å²) < 4.78 is 10.5. The van der Waals surface area contributed by atoms with Crippen molar-refractivity contribution in [3.05, 3.63) is 53.1 Å². The van der Waals surface area contributed by atoms with E-state index in [0.717, 1.165) is 0 Å². The van der Waals surface area contributed by atoms with E-state index in [1.54, 1.807) is 49.6 Å². The molecule has 0 bridgehead atoms. The van der Waals surface area contributed by atoms with E-state index in [0.29, 0.717) is 40.9 Å². The third-order valence-corrected chi connectivity index (χ3v) is 3.14. The molecule has 0 atom stereocenters. The van der Waals surface area contributed by atoms with E-state index in [2.05, 4.69) is 5.32 Å². The highest BCUT2D eigenvalue weighted by Crippen LogP contribution is 2.29. The Labute approximate surface area is 134 Å². The van der Waals surface area contributed by atoms with Crippen molar-refractivity contribution in [3.8, 4) is 11.5 Å². The fourth-order valence-electron chi connectivity index (χ4n) is 1.78. The van der Waals surface area contributed by atoms with Crippen molar-refractivity contribution in [3.63, 3.8) is 0 Å². The fourth-order valence-corrected chi connectivity index (χ4v) is 1.96. The molecule has 0 saturated heterocycles. The molecule has 2 aromatic carbocycles. The summed E-state index contributed by atoms with van der Waals surface area (Å²) in [6.07, 6.45) is 0. The lowest BCUT2D eigenvalue weighted by molar-refractivity contribution is 0.0937. The average Bonchev–Trinajstić information content (AvgIpc) is 2.51. The number of nitrogens with two attached hydrogens (primary N) is 1. The molecule has 0 aliphatic carbocycles. The highest BCUT2D eigenvalue weighted by Gasteiger charge is 2.06. The number of carbonyl (C=O) groups is 1. The lowest BCUT2D eigenvalue weighted by Gasteiger charge is -2.09. The highest BCUT2D eigenvalue weighted by molar-refractivity contribution is 6.30. The minimum atomic E-state index is -0.158. The lowest BCUT2D eigenvalue weighted by atomic mass is 10.2. The summed E-state index contributed by atoms with van der Waals surface area (Å²) in [5.74, 6) is 0.943. The van der Waals surface area contributed by atoms with Crippen molar-refractivity contribution >= 4 is 23.2 Å². The predicted octanol–water partition coefficient (Wildman–Crippen LogP) is 3.09. The van der Waals surface area contributed by atoms with E-state index >= 15 is 0 Å². The number of methoxy groups -OCH3 is 1. The summed E-state index contributed by atoms with van der Waals surface area (Å²) in [6.45, 7) is 0.942. The minimum Gasteiger partial charge on any atom is -0.455 e. The first-order valence-electron chi connectivity index (χ1n) is 6.70. The van der Waals surface area contributed by atoms with Crippen molar-refractivity contribution in [2.45, 2.75) is 0 Å². The van der Waals surface area contributed by atoms with Gasteiger partial charge in [-0.2, -0.15) is 0 Å². The Bertz CT molecular complexity index is 644. The Morgan fingerprint density at radius 1 is 1.23 bits per heavy atom. The van der Waals surface area contributed by atoms with E-state index in [1.165, 1.54) is 0 Å². The molecule has 0 heterocycles. The van der Waals surface area contributed by atoms with Gasteiger partial charge >= 0.3 is 0 Å². The molecule has 2 rings (SSSR count). The van der Waals surface area contributed by atoms with Crippen LogP contribution >= 0.6 is 11.6 Å². The normalized spacial score (nSPS) is 10.3. The third-order valence-electron chi connectivity index (χ3n) is 2.91. The van der Waals surface area contributed by atoms with E-state index in [4.69, 9.17) is 26.8 Å². The van der Waals surface area contributed by atoms with Crippen molar-refractivity contribution < 1.29 is 14.3 Å². The molecule has 0 aliphatic rings. The third kappa shape index (κ3) is 4.38. The Balaban J connectivity index is 2.01. The Morgan fingerprint density at radius 2 is 1.95 bits per heavy atom. The fraction of sp³-hybridized carbons (Fsp3) is 0.188. The zero-order valence-electron chi connectivity index (χ0n) is 12.1. The first-order valence-corrected chi connectivity index (χ1v) is 7.08. The average molecular weight is 321 g/mol. The summed E-state index contributed by atoms with van der Waals surface area (Å²) in [5, 5.41) is 3.29. The van der Waals surface area contributed by atoms with Crippen LogP contribution in [0.1, 0.15) is 10.4 Å². The zero-order valence-corrected chi connectivity index (χ0v) is 12.9. The van der Waals surface area contributed by atoms with Gasteiger partial charge in [0, 0.05) is 24.2 Å². The summed E-state index contributed by atoms with van der Waals surface area (Å²) in [6, 6.07) is 11.8. The van der Waals surface area contributed by atoms with E-state index < -0.39 is 0 Å². The molecule has 1 amide bonds. The van der Waals surface area contributed by atoms with Gasteiger partial charge in [0.15, 0.2) is 0 Å². The van der Waals surface area contributed by atoms with Crippen LogP contribution in [-0.2, 0) is 4.74 Å². The number of rotatable bonds is 6. The smallest absolute Gasteiger partial charge is 0.251 e. The van der Waals surface area contributed by atoms with Crippen molar-refractivity contribution in [2.24, 2.45) is 0 Å². The van der Waals surface area contributed by atoms with Crippen molar-refractivity contribution in [2.75, 3.05) is 26.0 Å². The van der Waals surface area contributed by atoms with Crippen LogP contribution in [0.2, 0.25) is 5.02 Å². The van der Waals surface area contributed by atoms with Gasteiger partial charge in [0.05, 0.1) is 12.3 Å². The van der Waals surface area contributed by atoms with Crippen LogP contribution in [0, 0.1) is 0 Å². The van der Waals surface area contributed by atoms with Gasteiger partial charge in [-0.3, -0.25) is 4.79 Å². The molecule has 0 radical (unpaired) electrons. The number of ether oxygens (including phenoxy) is 2. The second-order valence-corrected chi connectivity index (χ2v) is 4.99. The number of hydrogen-bond donors (Lipinski definition) is 2. The van der Waals surface area contributed by atoms with Crippen molar-refractivity contribution in [1.82, 2.24) is 5.32 Å². The second-order valence-electron chi connectivity index (χ2n) is 4.56. The summed E-state index contributed by atoms with van der Waals surface area (Å²) in [5.41, 5.74) is 6.83. The van der Waals surface area contributed by atoms with Crippen molar-refractivity contribution in [1.29, 1.82) is 0 Å². The van der Waals surface area contributed by atoms with Crippen LogP contribution in [0.15, 0.2) is 42.5 Å². The highest BCUT2D eigenvalue weighted by atomic mass is 35.5. The number of hydrogen-bond acceptors (Lipinski definition) is 4. The molecular weight excluding hydrogens is 304 g/mol. The molecular formula is C16H17ClN2O3. The van der Waals surface area contributed by atoms with E-state index in [9.17, 15) is 4.79 Å². The van der Waals surface area contributed by atoms with Crippen LogP contribution in [0.3, 0.4) is 0 Å². The number of amides is 1.